The van der Waals surface area contributed by atoms with Crippen LogP contribution >= 0.6 is 0 Å². The van der Waals surface area contributed by atoms with Gasteiger partial charge in [-0.05, 0) is 52.5 Å². The first-order chi connectivity index (χ1) is 11.6. The van der Waals surface area contributed by atoms with Gasteiger partial charge in [0.1, 0.15) is 11.3 Å². The molecule has 0 bridgehead atoms. The van der Waals surface area contributed by atoms with Gasteiger partial charge >= 0.3 is 0 Å². The van der Waals surface area contributed by atoms with Crippen LogP contribution in [-0.2, 0) is 4.74 Å². The number of methoxy groups -OCH3 is 1. The summed E-state index contributed by atoms with van der Waals surface area (Å²) in [5.74, 6) is 0.698. The summed E-state index contributed by atoms with van der Waals surface area (Å²) in [5, 5.41) is 3.93. The van der Waals surface area contributed by atoms with Gasteiger partial charge in [-0.15, -0.1) is 0 Å². The summed E-state index contributed by atoms with van der Waals surface area (Å²) in [6.07, 6.45) is 5.76. The Bertz CT molecular complexity index is 567. The standard InChI is InChI=1S/C18H29N3O3/c1-14-16(15(2)24-19-14)17(22)20-9-4-6-18(8-11-20)7-5-10-21(18)12-13-23-3/h4-13H2,1-3H3/t18-/m1/s1. The molecule has 0 aromatic carbocycles. The number of nitrogens with zero attached hydrogens (tertiary/aromatic N) is 3. The van der Waals surface area contributed by atoms with E-state index in [0.29, 0.717) is 17.0 Å². The molecule has 2 aliphatic heterocycles. The minimum atomic E-state index is 0.0738. The summed E-state index contributed by atoms with van der Waals surface area (Å²) in [5.41, 5.74) is 1.60. The number of carbonyl (C=O) groups is 1. The summed E-state index contributed by atoms with van der Waals surface area (Å²) in [4.78, 5) is 17.5. The van der Waals surface area contributed by atoms with Gasteiger partial charge in [0.15, 0.2) is 0 Å². The monoisotopic (exact) mass is 335 g/mol. The van der Waals surface area contributed by atoms with Crippen LogP contribution in [0.3, 0.4) is 0 Å². The van der Waals surface area contributed by atoms with Crippen LogP contribution in [0.15, 0.2) is 4.52 Å². The number of aryl methyl sites for hydroxylation is 2. The third-order valence-corrected chi connectivity index (χ3v) is 5.76. The highest BCUT2D eigenvalue weighted by molar-refractivity contribution is 5.96. The second-order valence-corrected chi connectivity index (χ2v) is 7.15. The topological polar surface area (TPSA) is 58.8 Å². The molecule has 1 aromatic rings. The van der Waals surface area contributed by atoms with E-state index in [9.17, 15) is 4.79 Å². The number of hydrogen-bond donors (Lipinski definition) is 0. The second kappa shape index (κ2) is 7.23. The lowest BCUT2D eigenvalue weighted by molar-refractivity contribution is 0.0695. The zero-order chi connectivity index (χ0) is 17.2. The van der Waals surface area contributed by atoms with E-state index in [2.05, 4.69) is 10.1 Å². The maximum absolute atomic E-state index is 12.9. The van der Waals surface area contributed by atoms with Crippen LogP contribution in [0.4, 0.5) is 0 Å². The van der Waals surface area contributed by atoms with E-state index in [1.807, 2.05) is 18.7 Å². The normalized spacial score (nSPS) is 25.4. The van der Waals surface area contributed by atoms with Crippen molar-refractivity contribution in [1.82, 2.24) is 15.0 Å². The molecule has 134 valence electrons. The number of likely N-dealkylation sites (tertiary alicyclic amines) is 2. The van der Waals surface area contributed by atoms with Crippen molar-refractivity contribution in [2.24, 2.45) is 0 Å². The predicted molar refractivity (Wildman–Crippen MR) is 91.1 cm³/mol. The number of carbonyl (C=O) groups excluding carboxylic acids is 1. The summed E-state index contributed by atoms with van der Waals surface area (Å²) in [6, 6.07) is 0. The molecule has 0 radical (unpaired) electrons. The molecule has 1 atom stereocenters. The Hall–Kier alpha value is -1.40. The lowest BCUT2D eigenvalue weighted by atomic mass is 9.88. The number of ether oxygens (including phenoxy) is 1. The maximum atomic E-state index is 12.9. The first-order valence-corrected chi connectivity index (χ1v) is 9.03. The van der Waals surface area contributed by atoms with Gasteiger partial charge in [0.2, 0.25) is 0 Å². The fourth-order valence-corrected chi connectivity index (χ4v) is 4.44. The Kier molecular flexibility index (Phi) is 5.25. The quantitative estimate of drug-likeness (QED) is 0.845. The highest BCUT2D eigenvalue weighted by Gasteiger charge is 2.42. The second-order valence-electron chi connectivity index (χ2n) is 7.15. The van der Waals surface area contributed by atoms with Gasteiger partial charge in [0.05, 0.1) is 12.3 Å². The van der Waals surface area contributed by atoms with Crippen molar-refractivity contribution in [3.63, 3.8) is 0 Å². The molecule has 0 saturated carbocycles. The lowest BCUT2D eigenvalue weighted by Crippen LogP contribution is -2.46. The summed E-state index contributed by atoms with van der Waals surface area (Å²) < 4.78 is 10.5. The van der Waals surface area contributed by atoms with E-state index in [0.717, 1.165) is 45.6 Å². The van der Waals surface area contributed by atoms with Gasteiger partial charge in [0, 0.05) is 32.3 Å². The molecule has 0 aliphatic carbocycles. The zero-order valence-corrected chi connectivity index (χ0v) is 15.1. The van der Waals surface area contributed by atoms with Gasteiger partial charge in [0.25, 0.3) is 5.91 Å². The Morgan fingerprint density at radius 3 is 2.62 bits per heavy atom. The first kappa shape index (κ1) is 17.4. The van der Waals surface area contributed by atoms with Crippen LogP contribution in [0.5, 0.6) is 0 Å². The van der Waals surface area contributed by atoms with E-state index >= 15 is 0 Å². The number of hydrogen-bond acceptors (Lipinski definition) is 5. The molecule has 2 fully saturated rings. The number of amides is 1. The molecule has 24 heavy (non-hydrogen) atoms. The maximum Gasteiger partial charge on any atom is 0.259 e. The third kappa shape index (κ3) is 3.22. The average molecular weight is 335 g/mol. The van der Waals surface area contributed by atoms with E-state index < -0.39 is 0 Å². The molecule has 6 nitrogen and oxygen atoms in total. The van der Waals surface area contributed by atoms with Gasteiger partial charge in [-0.2, -0.15) is 0 Å². The average Bonchev–Trinajstić information content (AvgIpc) is 3.02. The van der Waals surface area contributed by atoms with E-state index in [1.54, 1.807) is 7.11 Å². The fraction of sp³-hybridized carbons (Fsp3) is 0.778. The van der Waals surface area contributed by atoms with Crippen molar-refractivity contribution in [3.8, 4) is 0 Å². The molecule has 1 spiro atoms. The van der Waals surface area contributed by atoms with Crippen molar-refractivity contribution in [2.75, 3.05) is 39.9 Å². The molecule has 2 aliphatic rings. The Balaban J connectivity index is 1.70. The fourth-order valence-electron chi connectivity index (χ4n) is 4.44. The van der Waals surface area contributed by atoms with Gasteiger partial charge in [-0.25, -0.2) is 0 Å². The van der Waals surface area contributed by atoms with Crippen molar-refractivity contribution >= 4 is 5.91 Å². The van der Waals surface area contributed by atoms with Crippen LogP contribution in [0.25, 0.3) is 0 Å². The SMILES string of the molecule is COCCN1CCC[C@@]12CCCN(C(=O)c1c(C)noc1C)CC2. The van der Waals surface area contributed by atoms with Crippen LogP contribution in [0.2, 0.25) is 0 Å². The number of aromatic nitrogens is 1. The predicted octanol–water partition coefficient (Wildman–Crippen LogP) is 2.40. The van der Waals surface area contributed by atoms with Gasteiger partial charge in [-0.3, -0.25) is 9.69 Å². The highest BCUT2D eigenvalue weighted by atomic mass is 16.5. The van der Waals surface area contributed by atoms with E-state index in [4.69, 9.17) is 9.26 Å². The van der Waals surface area contributed by atoms with Gasteiger partial charge in [-0.1, -0.05) is 5.16 Å². The van der Waals surface area contributed by atoms with Crippen LogP contribution < -0.4 is 0 Å². The zero-order valence-electron chi connectivity index (χ0n) is 15.1. The Labute approximate surface area is 144 Å². The highest BCUT2D eigenvalue weighted by Crippen LogP contribution is 2.38. The molecule has 1 amide bonds. The van der Waals surface area contributed by atoms with Crippen molar-refractivity contribution in [1.29, 1.82) is 0 Å². The van der Waals surface area contributed by atoms with Crippen molar-refractivity contribution in [2.45, 2.75) is 51.5 Å². The molecule has 0 N–H and O–H groups in total. The van der Waals surface area contributed by atoms with Crippen molar-refractivity contribution in [3.05, 3.63) is 17.0 Å². The minimum absolute atomic E-state index is 0.0738. The van der Waals surface area contributed by atoms with E-state index in [-0.39, 0.29) is 11.4 Å². The van der Waals surface area contributed by atoms with Crippen LogP contribution in [0, 0.1) is 13.8 Å². The molecule has 6 heteroatoms. The molecule has 3 heterocycles. The molecule has 0 unspecified atom stereocenters. The van der Waals surface area contributed by atoms with Crippen molar-refractivity contribution < 1.29 is 14.1 Å². The summed E-state index contributed by atoms with van der Waals surface area (Å²) in [7, 11) is 1.76. The lowest BCUT2D eigenvalue weighted by Gasteiger charge is -2.38. The first-order valence-electron chi connectivity index (χ1n) is 9.03. The Morgan fingerprint density at radius 1 is 1.21 bits per heavy atom. The summed E-state index contributed by atoms with van der Waals surface area (Å²) >= 11 is 0. The molecular weight excluding hydrogens is 306 g/mol. The molecule has 2 saturated heterocycles. The van der Waals surface area contributed by atoms with Gasteiger partial charge < -0.3 is 14.2 Å². The van der Waals surface area contributed by atoms with Crippen LogP contribution in [-0.4, -0.2) is 66.3 Å². The Morgan fingerprint density at radius 2 is 1.96 bits per heavy atom. The number of rotatable bonds is 4. The van der Waals surface area contributed by atoms with Crippen LogP contribution in [0.1, 0.15) is 53.9 Å². The third-order valence-electron chi connectivity index (χ3n) is 5.76. The largest absolute Gasteiger partial charge is 0.383 e. The molecule has 3 rings (SSSR count). The smallest absolute Gasteiger partial charge is 0.259 e. The molecular formula is C18H29N3O3. The summed E-state index contributed by atoms with van der Waals surface area (Å²) in [6.45, 7) is 8.22. The minimum Gasteiger partial charge on any atom is -0.383 e. The molecule has 1 aromatic heterocycles. The van der Waals surface area contributed by atoms with E-state index in [1.165, 1.54) is 19.3 Å².